The van der Waals surface area contributed by atoms with E-state index in [-0.39, 0.29) is 23.3 Å². The Balaban J connectivity index is 1.33. The van der Waals surface area contributed by atoms with Crippen LogP contribution in [0.25, 0.3) is 0 Å². The number of aryl methyl sites for hydroxylation is 1. The smallest absolute Gasteiger partial charge is 0.243 e. The average molecular weight is 502 g/mol. The highest BCUT2D eigenvalue weighted by atomic mass is 32.2. The second kappa shape index (κ2) is 11.4. The molecule has 35 heavy (non-hydrogen) atoms. The molecule has 1 amide bonds. The van der Waals surface area contributed by atoms with Crippen LogP contribution in [-0.2, 0) is 21.2 Å². The van der Waals surface area contributed by atoms with Crippen molar-refractivity contribution < 1.29 is 22.7 Å². The summed E-state index contributed by atoms with van der Waals surface area (Å²) in [5, 5.41) is 2.91. The van der Waals surface area contributed by atoms with Crippen LogP contribution in [-0.4, -0.2) is 70.0 Å². The zero-order valence-corrected chi connectivity index (χ0v) is 21.4. The van der Waals surface area contributed by atoms with Gasteiger partial charge in [-0.05, 0) is 87.2 Å². The SMILES string of the molecule is COc1ccc(S(=O)(=O)N2CCCC2)cc1CCC(=O)Nc1ccc(OC2CCN(C)CC2)cc1. The van der Waals surface area contributed by atoms with Gasteiger partial charge in [0.15, 0.2) is 0 Å². The molecule has 0 saturated carbocycles. The second-order valence-corrected chi connectivity index (χ2v) is 11.2. The van der Waals surface area contributed by atoms with E-state index >= 15 is 0 Å². The average Bonchev–Trinajstić information content (AvgIpc) is 3.41. The number of hydrogen-bond acceptors (Lipinski definition) is 6. The quantitative estimate of drug-likeness (QED) is 0.566. The third kappa shape index (κ3) is 6.54. The van der Waals surface area contributed by atoms with Crippen molar-refractivity contribution in [3.8, 4) is 11.5 Å². The summed E-state index contributed by atoms with van der Waals surface area (Å²) in [6.07, 6.45) is 4.60. The summed E-state index contributed by atoms with van der Waals surface area (Å²) in [4.78, 5) is 15.1. The lowest BCUT2D eigenvalue weighted by Gasteiger charge is -2.29. The Hall–Kier alpha value is -2.62. The molecule has 9 heteroatoms. The van der Waals surface area contributed by atoms with Crippen molar-refractivity contribution in [1.82, 2.24) is 9.21 Å². The third-order valence-corrected chi connectivity index (χ3v) is 8.58. The molecule has 0 aromatic heterocycles. The number of amides is 1. The Kier molecular flexibility index (Phi) is 8.30. The number of nitrogens with zero attached hydrogens (tertiary/aromatic N) is 2. The number of benzene rings is 2. The van der Waals surface area contributed by atoms with Crippen LogP contribution in [0.4, 0.5) is 5.69 Å². The molecule has 8 nitrogen and oxygen atoms in total. The molecule has 4 rings (SSSR count). The molecular formula is C26H35N3O5S. The molecular weight excluding hydrogens is 466 g/mol. The highest BCUT2D eigenvalue weighted by Gasteiger charge is 2.28. The lowest BCUT2D eigenvalue weighted by Crippen LogP contribution is -2.35. The molecule has 1 N–H and O–H groups in total. The predicted molar refractivity (Wildman–Crippen MR) is 136 cm³/mol. The van der Waals surface area contributed by atoms with Crippen molar-refractivity contribution >= 4 is 21.6 Å². The Morgan fingerprint density at radius 2 is 1.71 bits per heavy atom. The highest BCUT2D eigenvalue weighted by Crippen LogP contribution is 2.28. The van der Waals surface area contributed by atoms with Gasteiger partial charge in [0.05, 0.1) is 12.0 Å². The van der Waals surface area contributed by atoms with Gasteiger partial charge in [0, 0.05) is 38.3 Å². The van der Waals surface area contributed by atoms with Crippen LogP contribution in [0.5, 0.6) is 11.5 Å². The number of piperidine rings is 1. The molecule has 0 spiro atoms. The molecule has 2 aromatic rings. The van der Waals surface area contributed by atoms with E-state index < -0.39 is 10.0 Å². The van der Waals surface area contributed by atoms with E-state index in [2.05, 4.69) is 17.3 Å². The fraction of sp³-hybridized carbons (Fsp3) is 0.500. The highest BCUT2D eigenvalue weighted by molar-refractivity contribution is 7.89. The number of ether oxygens (including phenoxy) is 2. The molecule has 190 valence electrons. The van der Waals surface area contributed by atoms with Crippen LogP contribution in [0.1, 0.15) is 37.7 Å². The number of likely N-dealkylation sites (tertiary alicyclic amines) is 1. The number of carbonyl (C=O) groups excluding carboxylic acids is 1. The van der Waals surface area contributed by atoms with Gasteiger partial charge in [-0.25, -0.2) is 8.42 Å². The minimum atomic E-state index is -3.53. The number of anilines is 1. The minimum Gasteiger partial charge on any atom is -0.496 e. The van der Waals surface area contributed by atoms with E-state index in [4.69, 9.17) is 9.47 Å². The van der Waals surface area contributed by atoms with Gasteiger partial charge in [0.2, 0.25) is 15.9 Å². The maximum atomic E-state index is 12.9. The molecule has 2 aliphatic heterocycles. The minimum absolute atomic E-state index is 0.149. The number of carbonyl (C=O) groups is 1. The fourth-order valence-corrected chi connectivity index (χ4v) is 6.14. The van der Waals surface area contributed by atoms with Gasteiger partial charge in [-0.1, -0.05) is 0 Å². The van der Waals surface area contributed by atoms with Gasteiger partial charge in [-0.2, -0.15) is 4.31 Å². The van der Waals surface area contributed by atoms with Gasteiger partial charge >= 0.3 is 0 Å². The fourth-order valence-electron chi connectivity index (χ4n) is 4.57. The second-order valence-electron chi connectivity index (χ2n) is 9.28. The third-order valence-electron chi connectivity index (χ3n) is 6.68. The van der Waals surface area contributed by atoms with Crippen LogP contribution < -0.4 is 14.8 Å². The number of rotatable bonds is 9. The van der Waals surface area contributed by atoms with Gasteiger partial charge in [0.25, 0.3) is 0 Å². The Bertz CT molecular complexity index is 1110. The van der Waals surface area contributed by atoms with E-state index in [9.17, 15) is 13.2 Å². The van der Waals surface area contributed by atoms with Crippen LogP contribution in [0.15, 0.2) is 47.4 Å². The maximum absolute atomic E-state index is 12.9. The summed E-state index contributed by atoms with van der Waals surface area (Å²) < 4.78 is 38.9. The lowest BCUT2D eigenvalue weighted by molar-refractivity contribution is -0.116. The number of nitrogens with one attached hydrogen (secondary N) is 1. The normalized spacial score (nSPS) is 17.9. The van der Waals surface area contributed by atoms with Crippen molar-refractivity contribution in [3.63, 3.8) is 0 Å². The number of sulfonamides is 1. The van der Waals surface area contributed by atoms with Crippen molar-refractivity contribution in [3.05, 3.63) is 48.0 Å². The summed E-state index contributed by atoms with van der Waals surface area (Å²) in [7, 11) is 0.138. The molecule has 2 aliphatic rings. The first-order chi connectivity index (χ1) is 16.8. The Morgan fingerprint density at radius 1 is 1.03 bits per heavy atom. The van der Waals surface area contributed by atoms with E-state index in [1.807, 2.05) is 24.3 Å². The predicted octanol–water partition coefficient (Wildman–Crippen LogP) is 3.52. The van der Waals surface area contributed by atoms with Crippen molar-refractivity contribution in [2.24, 2.45) is 0 Å². The van der Waals surface area contributed by atoms with Gasteiger partial charge < -0.3 is 19.7 Å². The first-order valence-electron chi connectivity index (χ1n) is 12.3. The van der Waals surface area contributed by atoms with E-state index in [0.717, 1.165) is 44.5 Å². The summed E-state index contributed by atoms with van der Waals surface area (Å²) in [6, 6.07) is 12.3. The number of methoxy groups -OCH3 is 1. The first kappa shape index (κ1) is 25.5. The molecule has 0 atom stereocenters. The van der Waals surface area contributed by atoms with Crippen molar-refractivity contribution in [2.75, 3.05) is 45.7 Å². The van der Waals surface area contributed by atoms with Gasteiger partial charge in [-0.3, -0.25) is 4.79 Å². The molecule has 0 bridgehead atoms. The first-order valence-corrected chi connectivity index (χ1v) is 13.7. The monoisotopic (exact) mass is 501 g/mol. The summed E-state index contributed by atoms with van der Waals surface area (Å²) in [6.45, 7) is 3.18. The zero-order chi connectivity index (χ0) is 24.8. The summed E-state index contributed by atoms with van der Waals surface area (Å²) in [5.74, 6) is 1.23. The molecule has 2 aromatic carbocycles. The van der Waals surface area contributed by atoms with Gasteiger partial charge in [0.1, 0.15) is 17.6 Å². The number of hydrogen-bond donors (Lipinski definition) is 1. The van der Waals surface area contributed by atoms with Crippen molar-refractivity contribution in [1.29, 1.82) is 0 Å². The van der Waals surface area contributed by atoms with Crippen molar-refractivity contribution in [2.45, 2.75) is 49.5 Å². The summed E-state index contributed by atoms with van der Waals surface area (Å²) >= 11 is 0. The standard InChI is InChI=1S/C26H35N3O5S/c1-28-17-13-23(14-18-28)34-22-8-6-21(7-9-22)27-26(30)12-5-20-19-24(10-11-25(20)33-2)35(31,32)29-15-3-4-16-29/h6-11,19,23H,3-5,12-18H2,1-2H3,(H,27,30). The topological polar surface area (TPSA) is 88.2 Å². The summed E-state index contributed by atoms with van der Waals surface area (Å²) in [5.41, 5.74) is 1.40. The van der Waals surface area contributed by atoms with E-state index in [0.29, 0.717) is 36.5 Å². The molecule has 2 saturated heterocycles. The Morgan fingerprint density at radius 3 is 2.37 bits per heavy atom. The van der Waals surface area contributed by atoms with Crippen LogP contribution >= 0.6 is 0 Å². The molecule has 2 heterocycles. The molecule has 0 aliphatic carbocycles. The molecule has 0 radical (unpaired) electrons. The van der Waals surface area contributed by atoms with E-state index in [1.165, 1.54) is 4.31 Å². The Labute approximate surface area is 208 Å². The maximum Gasteiger partial charge on any atom is 0.243 e. The van der Waals surface area contributed by atoms with Crippen LogP contribution in [0, 0.1) is 0 Å². The lowest BCUT2D eigenvalue weighted by atomic mass is 10.1. The van der Waals surface area contributed by atoms with Crippen LogP contribution in [0.3, 0.4) is 0 Å². The largest absolute Gasteiger partial charge is 0.496 e. The van der Waals surface area contributed by atoms with E-state index in [1.54, 1.807) is 25.3 Å². The molecule has 0 unspecified atom stereocenters. The van der Waals surface area contributed by atoms with Crippen LogP contribution in [0.2, 0.25) is 0 Å². The zero-order valence-electron chi connectivity index (χ0n) is 20.5. The van der Waals surface area contributed by atoms with Gasteiger partial charge in [-0.15, -0.1) is 0 Å². The molecule has 2 fully saturated rings.